The first kappa shape index (κ1) is 18.8. The Hall–Kier alpha value is -2.02. The SMILES string of the molecule is CC(C)(C)OC(=O)N1CCC(Oc2cccc(-n3cc(Br)cn3)c2)CC1. The summed E-state index contributed by atoms with van der Waals surface area (Å²) in [5.41, 5.74) is 0.478. The molecule has 1 aliphatic heterocycles. The van der Waals surface area contributed by atoms with Crippen molar-refractivity contribution in [3.05, 3.63) is 41.1 Å². The third kappa shape index (κ3) is 5.00. The molecule has 1 fully saturated rings. The molecule has 1 aliphatic rings. The van der Waals surface area contributed by atoms with Gasteiger partial charge in [0.15, 0.2) is 0 Å². The average Bonchev–Trinajstić information content (AvgIpc) is 3.01. The number of rotatable bonds is 3. The Morgan fingerprint density at radius 2 is 2.00 bits per heavy atom. The van der Waals surface area contributed by atoms with Crippen molar-refractivity contribution in [2.45, 2.75) is 45.3 Å². The van der Waals surface area contributed by atoms with Crippen LogP contribution in [-0.2, 0) is 4.74 Å². The Morgan fingerprint density at radius 3 is 2.62 bits per heavy atom. The van der Waals surface area contributed by atoms with Crippen molar-refractivity contribution in [2.24, 2.45) is 0 Å². The molecule has 6 nitrogen and oxygen atoms in total. The molecule has 2 aromatic rings. The van der Waals surface area contributed by atoms with Crippen LogP contribution in [0.5, 0.6) is 5.75 Å². The minimum absolute atomic E-state index is 0.0910. The number of halogens is 1. The molecule has 0 aliphatic carbocycles. The number of ether oxygens (including phenoxy) is 2. The normalized spacial score (nSPS) is 15.8. The van der Waals surface area contributed by atoms with Crippen LogP contribution in [0.4, 0.5) is 4.79 Å². The summed E-state index contributed by atoms with van der Waals surface area (Å²) < 4.78 is 14.3. The van der Waals surface area contributed by atoms with Gasteiger partial charge in [0.2, 0.25) is 0 Å². The number of nitrogens with zero attached hydrogens (tertiary/aromatic N) is 3. The van der Waals surface area contributed by atoms with E-state index in [0.717, 1.165) is 28.8 Å². The van der Waals surface area contributed by atoms with Crippen molar-refractivity contribution >= 4 is 22.0 Å². The van der Waals surface area contributed by atoms with E-state index in [9.17, 15) is 4.79 Å². The van der Waals surface area contributed by atoms with Crippen LogP contribution in [0.15, 0.2) is 41.1 Å². The molecule has 1 amide bonds. The van der Waals surface area contributed by atoms with Gasteiger partial charge in [0.25, 0.3) is 0 Å². The highest BCUT2D eigenvalue weighted by Gasteiger charge is 2.27. The van der Waals surface area contributed by atoms with E-state index in [1.807, 2.05) is 51.2 Å². The number of amides is 1. The molecule has 2 heterocycles. The smallest absolute Gasteiger partial charge is 0.410 e. The minimum Gasteiger partial charge on any atom is -0.490 e. The standard InChI is InChI=1S/C19H24BrN3O3/c1-19(2,3)26-18(24)22-9-7-16(8-10-22)25-17-6-4-5-15(11-17)23-13-14(20)12-21-23/h4-6,11-13,16H,7-10H2,1-3H3. The number of likely N-dealkylation sites (tertiary alicyclic amines) is 1. The number of piperidine rings is 1. The summed E-state index contributed by atoms with van der Waals surface area (Å²) in [5.74, 6) is 0.810. The molecule has 1 aromatic carbocycles. The number of hydrogen-bond acceptors (Lipinski definition) is 4. The van der Waals surface area contributed by atoms with Crippen LogP contribution in [0.2, 0.25) is 0 Å². The van der Waals surface area contributed by atoms with Crippen molar-refractivity contribution in [1.82, 2.24) is 14.7 Å². The summed E-state index contributed by atoms with van der Waals surface area (Å²) in [6.45, 7) is 6.93. The Balaban J connectivity index is 1.56. The summed E-state index contributed by atoms with van der Waals surface area (Å²) in [6.07, 6.45) is 5.07. The van der Waals surface area contributed by atoms with Crippen LogP contribution in [-0.4, -0.2) is 45.6 Å². The van der Waals surface area contributed by atoms with Gasteiger partial charge in [0.1, 0.15) is 17.5 Å². The van der Waals surface area contributed by atoms with E-state index in [1.165, 1.54) is 0 Å². The van der Waals surface area contributed by atoms with Crippen LogP contribution in [0.3, 0.4) is 0 Å². The van der Waals surface area contributed by atoms with E-state index in [2.05, 4.69) is 21.0 Å². The summed E-state index contributed by atoms with van der Waals surface area (Å²) in [6, 6.07) is 7.86. The highest BCUT2D eigenvalue weighted by molar-refractivity contribution is 9.10. The molecule has 26 heavy (non-hydrogen) atoms. The van der Waals surface area contributed by atoms with Crippen LogP contribution in [0.25, 0.3) is 5.69 Å². The Morgan fingerprint density at radius 1 is 1.27 bits per heavy atom. The van der Waals surface area contributed by atoms with Crippen LogP contribution < -0.4 is 4.74 Å². The van der Waals surface area contributed by atoms with Crippen molar-refractivity contribution in [3.63, 3.8) is 0 Å². The van der Waals surface area contributed by atoms with E-state index in [0.29, 0.717) is 13.1 Å². The molecular weight excluding hydrogens is 398 g/mol. The van der Waals surface area contributed by atoms with Gasteiger partial charge in [-0.05, 0) is 48.8 Å². The van der Waals surface area contributed by atoms with Gasteiger partial charge in [-0.25, -0.2) is 9.48 Å². The van der Waals surface area contributed by atoms with Gasteiger partial charge >= 0.3 is 6.09 Å². The van der Waals surface area contributed by atoms with Crippen LogP contribution in [0, 0.1) is 0 Å². The van der Waals surface area contributed by atoms with Gasteiger partial charge in [-0.15, -0.1) is 0 Å². The van der Waals surface area contributed by atoms with Crippen molar-refractivity contribution in [2.75, 3.05) is 13.1 Å². The van der Waals surface area contributed by atoms with Crippen molar-refractivity contribution in [3.8, 4) is 11.4 Å². The zero-order valence-corrected chi connectivity index (χ0v) is 16.9. The quantitative estimate of drug-likeness (QED) is 0.735. The third-order valence-electron chi connectivity index (χ3n) is 4.03. The summed E-state index contributed by atoms with van der Waals surface area (Å²) >= 11 is 3.41. The zero-order chi connectivity index (χ0) is 18.7. The van der Waals surface area contributed by atoms with Gasteiger partial charge in [-0.1, -0.05) is 6.07 Å². The molecule has 0 unspecified atom stereocenters. The highest BCUT2D eigenvalue weighted by Crippen LogP contribution is 2.23. The number of benzene rings is 1. The maximum absolute atomic E-state index is 12.1. The number of hydrogen-bond donors (Lipinski definition) is 0. The van der Waals surface area contributed by atoms with Crippen LogP contribution in [0.1, 0.15) is 33.6 Å². The van der Waals surface area contributed by atoms with E-state index in [-0.39, 0.29) is 12.2 Å². The Bertz CT molecular complexity index is 761. The predicted octanol–water partition coefficient (Wildman–Crippen LogP) is 4.41. The first-order valence-electron chi connectivity index (χ1n) is 8.75. The maximum atomic E-state index is 12.1. The second kappa shape index (κ2) is 7.70. The molecular formula is C19H24BrN3O3. The van der Waals surface area contributed by atoms with Gasteiger partial charge in [-0.3, -0.25) is 0 Å². The van der Waals surface area contributed by atoms with E-state index in [4.69, 9.17) is 9.47 Å². The number of carbonyl (C=O) groups is 1. The maximum Gasteiger partial charge on any atom is 0.410 e. The van der Waals surface area contributed by atoms with Crippen molar-refractivity contribution < 1.29 is 14.3 Å². The van der Waals surface area contributed by atoms with E-state index < -0.39 is 5.60 Å². The lowest BCUT2D eigenvalue weighted by atomic mass is 10.1. The van der Waals surface area contributed by atoms with Gasteiger partial charge < -0.3 is 14.4 Å². The summed E-state index contributed by atoms with van der Waals surface area (Å²) in [7, 11) is 0. The van der Waals surface area contributed by atoms with E-state index >= 15 is 0 Å². The molecule has 0 N–H and O–H groups in total. The van der Waals surface area contributed by atoms with E-state index in [1.54, 1.807) is 15.8 Å². The number of carbonyl (C=O) groups excluding carboxylic acids is 1. The highest BCUT2D eigenvalue weighted by atomic mass is 79.9. The molecule has 0 bridgehead atoms. The first-order chi connectivity index (χ1) is 12.3. The average molecular weight is 422 g/mol. The predicted molar refractivity (Wildman–Crippen MR) is 103 cm³/mol. The van der Waals surface area contributed by atoms with Gasteiger partial charge in [0, 0.05) is 38.2 Å². The molecule has 0 saturated carbocycles. The molecule has 1 saturated heterocycles. The molecule has 7 heteroatoms. The van der Waals surface area contributed by atoms with Gasteiger partial charge in [-0.2, -0.15) is 5.10 Å². The summed E-state index contributed by atoms with van der Waals surface area (Å²) in [5, 5.41) is 4.29. The fourth-order valence-corrected chi connectivity index (χ4v) is 3.10. The van der Waals surface area contributed by atoms with Crippen LogP contribution >= 0.6 is 15.9 Å². The topological polar surface area (TPSA) is 56.6 Å². The van der Waals surface area contributed by atoms with Crippen molar-refractivity contribution in [1.29, 1.82) is 0 Å². The largest absolute Gasteiger partial charge is 0.490 e. The molecule has 0 spiro atoms. The fraction of sp³-hybridized carbons (Fsp3) is 0.474. The second-order valence-corrected chi connectivity index (χ2v) is 8.30. The lowest BCUT2D eigenvalue weighted by molar-refractivity contribution is 0.0126. The Labute approximate surface area is 162 Å². The molecule has 3 rings (SSSR count). The molecule has 140 valence electrons. The Kier molecular flexibility index (Phi) is 5.55. The summed E-state index contributed by atoms with van der Waals surface area (Å²) in [4.78, 5) is 13.9. The minimum atomic E-state index is -0.466. The number of aromatic nitrogens is 2. The second-order valence-electron chi connectivity index (χ2n) is 7.39. The zero-order valence-electron chi connectivity index (χ0n) is 15.3. The third-order valence-corrected chi connectivity index (χ3v) is 4.44. The van der Waals surface area contributed by atoms with Gasteiger partial charge in [0.05, 0.1) is 16.4 Å². The first-order valence-corrected chi connectivity index (χ1v) is 9.55. The molecule has 0 radical (unpaired) electrons. The lowest BCUT2D eigenvalue weighted by Gasteiger charge is -2.33. The molecule has 0 atom stereocenters. The fourth-order valence-electron chi connectivity index (χ4n) is 2.82. The monoisotopic (exact) mass is 421 g/mol. The lowest BCUT2D eigenvalue weighted by Crippen LogP contribution is -2.44. The molecule has 1 aromatic heterocycles.